The monoisotopic (exact) mass is 279 g/mol. The van der Waals surface area contributed by atoms with Gasteiger partial charge >= 0.3 is 0 Å². The molecule has 3 heteroatoms. The summed E-state index contributed by atoms with van der Waals surface area (Å²) in [6.07, 6.45) is 0.186. The molecule has 1 aromatic carbocycles. The second-order valence-electron chi connectivity index (χ2n) is 6.90. The zero-order valence-electron chi connectivity index (χ0n) is 13.1. The molecule has 0 fully saturated rings. The highest BCUT2D eigenvalue weighted by molar-refractivity contribution is 6.80. The first-order valence-corrected chi connectivity index (χ1v) is 10.4. The van der Waals surface area contributed by atoms with Crippen LogP contribution in [-0.4, -0.2) is 21.2 Å². The molecule has 0 heterocycles. The molecule has 0 aliphatic carbocycles. The van der Waals surface area contributed by atoms with E-state index in [2.05, 4.69) is 64.2 Å². The van der Waals surface area contributed by atoms with Crippen molar-refractivity contribution in [1.82, 2.24) is 0 Å². The highest BCUT2D eigenvalue weighted by Gasteiger charge is 2.37. The molecule has 1 atom stereocenters. The number of rotatable bonds is 6. The summed E-state index contributed by atoms with van der Waals surface area (Å²) in [5, 5.41) is 0.381. The fraction of sp³-hybridized carbons (Fsp3) is 0.625. The molecule has 0 bridgehead atoms. The Hall–Kier alpha value is -0.643. The van der Waals surface area contributed by atoms with Gasteiger partial charge in [0.25, 0.3) is 0 Å². The lowest BCUT2D eigenvalue weighted by molar-refractivity contribution is 0.0702. The van der Waals surface area contributed by atoms with Crippen LogP contribution in [0.5, 0.6) is 0 Å². The van der Waals surface area contributed by atoms with Gasteiger partial charge in [0.15, 0.2) is 0 Å². The molecule has 1 unspecified atom stereocenters. The maximum Gasteiger partial charge on any atom is 0.0802 e. The molecule has 2 nitrogen and oxygen atoms in total. The van der Waals surface area contributed by atoms with Crippen molar-refractivity contribution in [2.75, 3.05) is 13.2 Å². The molecule has 1 aromatic rings. The van der Waals surface area contributed by atoms with Gasteiger partial charge in [-0.05, 0) is 16.6 Å². The molecule has 0 aliphatic rings. The Kier molecular flexibility index (Phi) is 5.77. The van der Waals surface area contributed by atoms with Crippen molar-refractivity contribution in [2.45, 2.75) is 51.1 Å². The molecule has 0 radical (unpaired) electrons. The number of hydrogen-bond acceptors (Lipinski definition) is 2. The lowest BCUT2D eigenvalue weighted by Gasteiger charge is -2.39. The molecule has 0 saturated heterocycles. The van der Waals surface area contributed by atoms with Crippen LogP contribution in [0.4, 0.5) is 0 Å². The molecule has 2 N–H and O–H groups in total. The fourth-order valence-corrected chi connectivity index (χ4v) is 3.81. The Morgan fingerprint density at radius 3 is 2.21 bits per heavy atom. The van der Waals surface area contributed by atoms with E-state index in [1.807, 2.05) is 0 Å². The van der Waals surface area contributed by atoms with E-state index in [0.717, 1.165) is 6.04 Å². The average molecular weight is 279 g/mol. The summed E-state index contributed by atoms with van der Waals surface area (Å²) >= 11 is 0. The van der Waals surface area contributed by atoms with Crippen LogP contribution in [-0.2, 0) is 4.74 Å². The van der Waals surface area contributed by atoms with E-state index in [1.165, 1.54) is 5.56 Å². The molecule has 0 saturated carbocycles. The van der Waals surface area contributed by atoms with Crippen LogP contribution in [0.15, 0.2) is 30.3 Å². The Bertz CT molecular complexity index is 370. The third-order valence-electron chi connectivity index (χ3n) is 4.33. The predicted molar refractivity (Wildman–Crippen MR) is 86.2 cm³/mol. The van der Waals surface area contributed by atoms with Gasteiger partial charge in [-0.15, -0.1) is 0 Å². The maximum absolute atomic E-state index is 6.02. The first kappa shape index (κ1) is 16.4. The van der Waals surface area contributed by atoms with Gasteiger partial charge in [0.2, 0.25) is 0 Å². The molecular formula is C16H29NOSi. The van der Waals surface area contributed by atoms with Crippen molar-refractivity contribution in [3.8, 4) is 0 Å². The van der Waals surface area contributed by atoms with Crippen molar-refractivity contribution in [3.63, 3.8) is 0 Å². The predicted octanol–water partition coefficient (Wildman–Crippen LogP) is 4.21. The summed E-state index contributed by atoms with van der Waals surface area (Å²) in [7, 11) is -1.37. The van der Waals surface area contributed by atoms with Crippen molar-refractivity contribution in [2.24, 2.45) is 5.73 Å². The first-order valence-electron chi connectivity index (χ1n) is 7.14. The van der Waals surface area contributed by atoms with E-state index < -0.39 is 8.07 Å². The molecule has 19 heavy (non-hydrogen) atoms. The fourth-order valence-electron chi connectivity index (χ4n) is 1.92. The quantitative estimate of drug-likeness (QED) is 0.792. The Balaban J connectivity index is 2.87. The van der Waals surface area contributed by atoms with Gasteiger partial charge in [-0.1, -0.05) is 64.2 Å². The van der Waals surface area contributed by atoms with E-state index in [4.69, 9.17) is 10.5 Å². The molecule has 108 valence electrons. The van der Waals surface area contributed by atoms with E-state index in [9.17, 15) is 0 Å². The molecule has 0 aliphatic heterocycles. The minimum absolute atomic E-state index is 0.186. The smallest absolute Gasteiger partial charge is 0.0802 e. The van der Waals surface area contributed by atoms with Gasteiger partial charge in [-0.2, -0.15) is 0 Å². The van der Waals surface area contributed by atoms with Crippen molar-refractivity contribution in [3.05, 3.63) is 35.9 Å². The maximum atomic E-state index is 6.02. The summed E-state index contributed by atoms with van der Waals surface area (Å²) in [6.45, 7) is 13.2. The molecule has 0 aromatic heterocycles. The Morgan fingerprint density at radius 2 is 1.74 bits per heavy atom. The summed E-state index contributed by atoms with van der Waals surface area (Å²) < 4.78 is 6.02. The first-order chi connectivity index (χ1) is 8.78. The second kappa shape index (κ2) is 6.68. The van der Waals surface area contributed by atoms with Crippen molar-refractivity contribution >= 4 is 8.07 Å². The summed E-state index contributed by atoms with van der Waals surface area (Å²) in [5.41, 5.74) is 6.87. The van der Waals surface area contributed by atoms with Crippen LogP contribution < -0.4 is 5.73 Å². The summed E-state index contributed by atoms with van der Waals surface area (Å²) in [6, 6.07) is 11.7. The van der Waals surface area contributed by atoms with Gasteiger partial charge < -0.3 is 10.5 Å². The molecule has 0 spiro atoms. The zero-order chi connectivity index (χ0) is 14.5. The topological polar surface area (TPSA) is 35.2 Å². The Morgan fingerprint density at radius 1 is 1.16 bits per heavy atom. The molecule has 1 rings (SSSR count). The summed E-state index contributed by atoms with van der Waals surface area (Å²) in [4.78, 5) is 0. The SMILES string of the molecule is CC(C)(C)[Si](C)(C)CC(OCCN)c1ccccc1. The van der Waals surface area contributed by atoms with Crippen LogP contribution in [0.3, 0.4) is 0 Å². The lowest BCUT2D eigenvalue weighted by atomic mass is 10.1. The van der Waals surface area contributed by atoms with Gasteiger partial charge in [0.1, 0.15) is 0 Å². The Labute approximate surface area is 119 Å². The highest BCUT2D eigenvalue weighted by atomic mass is 28.3. The van der Waals surface area contributed by atoms with Gasteiger partial charge in [0, 0.05) is 6.54 Å². The van der Waals surface area contributed by atoms with Crippen LogP contribution >= 0.6 is 0 Å². The minimum atomic E-state index is -1.37. The van der Waals surface area contributed by atoms with Crippen LogP contribution in [0.1, 0.15) is 32.4 Å². The summed E-state index contributed by atoms with van der Waals surface area (Å²) in [5.74, 6) is 0. The van der Waals surface area contributed by atoms with E-state index in [1.54, 1.807) is 0 Å². The largest absolute Gasteiger partial charge is 0.373 e. The van der Waals surface area contributed by atoms with Crippen LogP contribution in [0, 0.1) is 0 Å². The zero-order valence-corrected chi connectivity index (χ0v) is 14.1. The van der Waals surface area contributed by atoms with E-state index in [0.29, 0.717) is 18.2 Å². The normalized spacial score (nSPS) is 14.4. The van der Waals surface area contributed by atoms with E-state index >= 15 is 0 Å². The lowest BCUT2D eigenvalue weighted by Crippen LogP contribution is -2.39. The second-order valence-corrected chi connectivity index (χ2v) is 12.6. The molecule has 0 amide bonds. The molecular weight excluding hydrogens is 250 g/mol. The number of benzene rings is 1. The van der Waals surface area contributed by atoms with E-state index in [-0.39, 0.29) is 6.10 Å². The standard InChI is InChI=1S/C16H29NOSi/c1-16(2,3)19(4,5)13-15(18-12-11-17)14-9-7-6-8-10-14/h6-10,15H,11-13,17H2,1-5H3. The van der Waals surface area contributed by atoms with Gasteiger partial charge in [0.05, 0.1) is 20.8 Å². The van der Waals surface area contributed by atoms with Crippen molar-refractivity contribution < 1.29 is 4.74 Å². The van der Waals surface area contributed by atoms with Gasteiger partial charge in [-0.25, -0.2) is 0 Å². The van der Waals surface area contributed by atoms with Crippen molar-refractivity contribution in [1.29, 1.82) is 0 Å². The van der Waals surface area contributed by atoms with Gasteiger partial charge in [-0.3, -0.25) is 0 Å². The number of nitrogens with two attached hydrogens (primary N) is 1. The third kappa shape index (κ3) is 4.75. The average Bonchev–Trinajstić information content (AvgIpc) is 2.34. The van der Waals surface area contributed by atoms with Crippen LogP contribution in [0.25, 0.3) is 0 Å². The third-order valence-corrected chi connectivity index (χ3v) is 9.79. The number of ether oxygens (including phenoxy) is 1. The van der Waals surface area contributed by atoms with Crippen LogP contribution in [0.2, 0.25) is 24.2 Å². The highest BCUT2D eigenvalue weighted by Crippen LogP contribution is 2.42. The minimum Gasteiger partial charge on any atom is -0.373 e. The number of hydrogen-bond donors (Lipinski definition) is 1.